The van der Waals surface area contributed by atoms with Crippen LogP contribution in [0.25, 0.3) is 0 Å². The van der Waals surface area contributed by atoms with E-state index >= 15 is 0 Å². The van der Waals surface area contributed by atoms with Crippen LogP contribution in [-0.2, 0) is 9.47 Å². The lowest BCUT2D eigenvalue weighted by Crippen LogP contribution is -2.20. The third-order valence-electron chi connectivity index (χ3n) is 2.74. The number of hydrogen-bond donors (Lipinski definition) is 0. The van der Waals surface area contributed by atoms with Crippen LogP contribution in [0.4, 0.5) is 0 Å². The number of nitriles is 1. The molecule has 2 unspecified atom stereocenters. The first kappa shape index (κ1) is 12.5. The summed E-state index contributed by atoms with van der Waals surface area (Å²) in [7, 11) is 0. The second kappa shape index (κ2) is 5.61. The summed E-state index contributed by atoms with van der Waals surface area (Å²) < 4.78 is 21.1. The highest BCUT2D eigenvalue weighted by Gasteiger charge is 2.24. The molecule has 0 aromatic heterocycles. The standard InChI is InChI=1S/C13H15NO4/c1-3-15-13(9(2)16-7-14)10-4-5-11-12(6-10)18-8-17-11/h4-6,9,13H,3,8H2,1-2H3. The molecule has 1 aromatic rings. The van der Waals surface area contributed by atoms with E-state index in [1.54, 1.807) is 13.2 Å². The van der Waals surface area contributed by atoms with Gasteiger partial charge in [0, 0.05) is 6.61 Å². The minimum Gasteiger partial charge on any atom is -0.454 e. The summed E-state index contributed by atoms with van der Waals surface area (Å²) >= 11 is 0. The molecule has 2 atom stereocenters. The average molecular weight is 249 g/mol. The first-order chi connectivity index (χ1) is 8.76. The molecule has 0 saturated heterocycles. The SMILES string of the molecule is CCOC(c1ccc2c(c1)OCO2)C(C)OC#N. The fraction of sp³-hybridized carbons (Fsp3) is 0.462. The van der Waals surface area contributed by atoms with Crippen molar-refractivity contribution >= 4 is 0 Å². The molecule has 5 nitrogen and oxygen atoms in total. The van der Waals surface area contributed by atoms with Crippen LogP contribution in [-0.4, -0.2) is 19.5 Å². The predicted molar refractivity (Wildman–Crippen MR) is 63.1 cm³/mol. The lowest BCUT2D eigenvalue weighted by Gasteiger charge is -2.22. The highest BCUT2D eigenvalue weighted by Crippen LogP contribution is 2.36. The van der Waals surface area contributed by atoms with Crippen molar-refractivity contribution in [1.82, 2.24) is 0 Å². The number of ether oxygens (including phenoxy) is 4. The molecule has 1 aliphatic rings. The Bertz CT molecular complexity index is 455. The molecular weight excluding hydrogens is 234 g/mol. The monoisotopic (exact) mass is 249 g/mol. The van der Waals surface area contributed by atoms with E-state index < -0.39 is 0 Å². The summed E-state index contributed by atoms with van der Waals surface area (Å²) in [6.07, 6.45) is 1.04. The minimum absolute atomic E-state index is 0.238. The second-order valence-electron chi connectivity index (χ2n) is 3.90. The van der Waals surface area contributed by atoms with Gasteiger partial charge in [-0.05, 0) is 31.5 Å². The van der Waals surface area contributed by atoms with E-state index in [0.29, 0.717) is 12.4 Å². The van der Waals surface area contributed by atoms with Crippen LogP contribution in [0, 0.1) is 11.5 Å². The molecule has 0 radical (unpaired) electrons. The fourth-order valence-corrected chi connectivity index (χ4v) is 1.92. The van der Waals surface area contributed by atoms with Gasteiger partial charge in [-0.3, -0.25) is 0 Å². The van der Waals surface area contributed by atoms with Gasteiger partial charge in [-0.15, -0.1) is 0 Å². The zero-order chi connectivity index (χ0) is 13.0. The smallest absolute Gasteiger partial charge is 0.286 e. The molecule has 0 fully saturated rings. The quantitative estimate of drug-likeness (QED) is 0.750. The van der Waals surface area contributed by atoms with Crippen molar-refractivity contribution in [1.29, 1.82) is 5.26 Å². The average Bonchev–Trinajstić information content (AvgIpc) is 2.83. The van der Waals surface area contributed by atoms with Crippen LogP contribution in [0.3, 0.4) is 0 Å². The molecule has 0 aliphatic carbocycles. The number of hydrogen-bond acceptors (Lipinski definition) is 5. The van der Waals surface area contributed by atoms with Crippen LogP contribution in [0.1, 0.15) is 25.5 Å². The van der Waals surface area contributed by atoms with E-state index in [-0.39, 0.29) is 19.0 Å². The molecule has 0 amide bonds. The Morgan fingerprint density at radius 2 is 2.17 bits per heavy atom. The van der Waals surface area contributed by atoms with Crippen molar-refractivity contribution < 1.29 is 18.9 Å². The predicted octanol–water partition coefficient (Wildman–Crippen LogP) is 2.38. The van der Waals surface area contributed by atoms with Gasteiger partial charge in [-0.2, -0.15) is 5.26 Å². The van der Waals surface area contributed by atoms with E-state index in [4.69, 9.17) is 24.2 Å². The maximum atomic E-state index is 8.58. The van der Waals surface area contributed by atoms with Crippen LogP contribution in [0.5, 0.6) is 11.5 Å². The van der Waals surface area contributed by atoms with E-state index in [2.05, 4.69) is 0 Å². The maximum absolute atomic E-state index is 8.58. The van der Waals surface area contributed by atoms with Crippen molar-refractivity contribution in [2.75, 3.05) is 13.4 Å². The molecule has 1 aliphatic heterocycles. The minimum atomic E-state index is -0.352. The summed E-state index contributed by atoms with van der Waals surface area (Å²) in [5.74, 6) is 1.42. The lowest BCUT2D eigenvalue weighted by atomic mass is 10.0. The summed E-state index contributed by atoms with van der Waals surface area (Å²) in [6.45, 7) is 4.48. The molecule has 18 heavy (non-hydrogen) atoms. The van der Waals surface area contributed by atoms with Gasteiger partial charge in [0.1, 0.15) is 12.2 Å². The Morgan fingerprint density at radius 1 is 1.39 bits per heavy atom. The van der Waals surface area contributed by atoms with Crippen molar-refractivity contribution in [3.05, 3.63) is 23.8 Å². The number of fused-ring (bicyclic) bond motifs is 1. The highest BCUT2D eigenvalue weighted by molar-refractivity contribution is 5.45. The molecule has 96 valence electrons. The molecule has 5 heteroatoms. The molecule has 1 aromatic carbocycles. The summed E-state index contributed by atoms with van der Waals surface area (Å²) in [5, 5.41) is 8.58. The summed E-state index contributed by atoms with van der Waals surface area (Å²) in [4.78, 5) is 0. The molecule has 0 N–H and O–H groups in total. The zero-order valence-electron chi connectivity index (χ0n) is 10.4. The van der Waals surface area contributed by atoms with Crippen LogP contribution < -0.4 is 9.47 Å². The molecule has 0 saturated carbocycles. The van der Waals surface area contributed by atoms with Crippen molar-refractivity contribution in [2.45, 2.75) is 26.1 Å². The van der Waals surface area contributed by atoms with Gasteiger partial charge < -0.3 is 18.9 Å². The van der Waals surface area contributed by atoms with Gasteiger partial charge in [0.25, 0.3) is 6.26 Å². The molecule has 2 rings (SSSR count). The Balaban J connectivity index is 2.22. The van der Waals surface area contributed by atoms with Crippen LogP contribution in [0.15, 0.2) is 18.2 Å². The molecule has 0 bridgehead atoms. The lowest BCUT2D eigenvalue weighted by molar-refractivity contribution is -0.0272. The molecule has 1 heterocycles. The van der Waals surface area contributed by atoms with Gasteiger partial charge in [-0.1, -0.05) is 6.07 Å². The second-order valence-corrected chi connectivity index (χ2v) is 3.90. The van der Waals surface area contributed by atoms with E-state index in [1.807, 2.05) is 25.1 Å². The summed E-state index contributed by atoms with van der Waals surface area (Å²) in [6, 6.07) is 5.59. The van der Waals surface area contributed by atoms with Gasteiger partial charge in [0.05, 0.1) is 0 Å². The number of benzene rings is 1. The number of nitrogens with zero attached hydrogens (tertiary/aromatic N) is 1. The van der Waals surface area contributed by atoms with Crippen molar-refractivity contribution in [3.8, 4) is 17.8 Å². The van der Waals surface area contributed by atoms with Gasteiger partial charge in [0.2, 0.25) is 6.79 Å². The van der Waals surface area contributed by atoms with Crippen molar-refractivity contribution in [2.24, 2.45) is 0 Å². The largest absolute Gasteiger partial charge is 0.454 e. The van der Waals surface area contributed by atoms with Crippen LogP contribution >= 0.6 is 0 Å². The maximum Gasteiger partial charge on any atom is 0.286 e. The van der Waals surface area contributed by atoms with E-state index in [1.165, 1.54) is 0 Å². The Hall–Kier alpha value is -1.93. The zero-order valence-corrected chi connectivity index (χ0v) is 10.4. The van der Waals surface area contributed by atoms with E-state index in [9.17, 15) is 0 Å². The molecule has 0 spiro atoms. The van der Waals surface area contributed by atoms with Gasteiger partial charge >= 0.3 is 0 Å². The Labute approximate surface area is 106 Å². The normalized spacial score (nSPS) is 15.8. The summed E-state index contributed by atoms with van der Waals surface area (Å²) in [5.41, 5.74) is 0.906. The topological polar surface area (TPSA) is 60.7 Å². The highest BCUT2D eigenvalue weighted by atomic mass is 16.7. The van der Waals surface area contributed by atoms with E-state index in [0.717, 1.165) is 11.3 Å². The number of rotatable bonds is 5. The Kier molecular flexibility index (Phi) is 3.90. The molecular formula is C13H15NO4. The fourth-order valence-electron chi connectivity index (χ4n) is 1.92. The van der Waals surface area contributed by atoms with Crippen molar-refractivity contribution in [3.63, 3.8) is 0 Å². The Morgan fingerprint density at radius 3 is 2.89 bits per heavy atom. The third-order valence-corrected chi connectivity index (χ3v) is 2.74. The van der Waals surface area contributed by atoms with Gasteiger partial charge in [-0.25, -0.2) is 0 Å². The van der Waals surface area contributed by atoms with Crippen LogP contribution in [0.2, 0.25) is 0 Å². The first-order valence-corrected chi connectivity index (χ1v) is 5.82. The third kappa shape index (κ3) is 2.49. The van der Waals surface area contributed by atoms with Gasteiger partial charge in [0.15, 0.2) is 11.5 Å². The first-order valence-electron chi connectivity index (χ1n) is 5.82.